The Bertz CT molecular complexity index is 2400. The number of fused-ring (bicyclic) bond motifs is 4. The summed E-state index contributed by atoms with van der Waals surface area (Å²) in [5.41, 5.74) is 3.32. The predicted octanol–water partition coefficient (Wildman–Crippen LogP) is 9.40. The van der Waals surface area contributed by atoms with Gasteiger partial charge in [0.05, 0.1) is 51.9 Å². The predicted molar refractivity (Wildman–Crippen MR) is 201 cm³/mol. The monoisotopic (exact) mass is 708 g/mol. The van der Waals surface area contributed by atoms with Crippen molar-refractivity contribution in [1.82, 2.24) is 0 Å². The fourth-order valence-corrected chi connectivity index (χ4v) is 6.19. The van der Waals surface area contributed by atoms with Gasteiger partial charge in [-0.2, -0.15) is 0 Å². The van der Waals surface area contributed by atoms with Gasteiger partial charge in [-0.1, -0.05) is 23.3 Å². The maximum Gasteiger partial charge on any atom is 0.336 e. The highest BCUT2D eigenvalue weighted by molar-refractivity contribution is 6.02. The Labute approximate surface area is 300 Å². The molecular weight excluding hydrogens is 664 g/mol. The van der Waals surface area contributed by atoms with Crippen molar-refractivity contribution < 1.29 is 37.0 Å². The van der Waals surface area contributed by atoms with Gasteiger partial charge >= 0.3 is 11.3 Å². The van der Waals surface area contributed by atoms with Crippen molar-refractivity contribution in [3.8, 4) is 11.5 Å². The smallest absolute Gasteiger partial charge is 0.336 e. The van der Waals surface area contributed by atoms with Crippen LogP contribution in [0.3, 0.4) is 0 Å². The summed E-state index contributed by atoms with van der Waals surface area (Å²) in [6.45, 7) is 14.6. The molecule has 2 atom stereocenters. The van der Waals surface area contributed by atoms with E-state index in [1.165, 1.54) is 12.1 Å². The molecule has 0 fully saturated rings. The van der Waals surface area contributed by atoms with Crippen molar-refractivity contribution in [2.24, 2.45) is 0 Å². The highest BCUT2D eigenvalue weighted by atomic mass is 16.5. The van der Waals surface area contributed by atoms with Crippen LogP contribution in [-0.4, -0.2) is 36.1 Å². The summed E-state index contributed by atoms with van der Waals surface area (Å²) < 4.78 is 40.6. The zero-order chi connectivity index (χ0) is 37.0. The Balaban J connectivity index is 1.01. The summed E-state index contributed by atoms with van der Waals surface area (Å²) in [5, 5.41) is 14.2. The van der Waals surface area contributed by atoms with Crippen molar-refractivity contribution in [1.29, 1.82) is 0 Å². The first-order chi connectivity index (χ1) is 24.9. The fourth-order valence-electron chi connectivity index (χ4n) is 6.19. The van der Waals surface area contributed by atoms with Crippen LogP contribution in [0.25, 0.3) is 43.9 Å². The van der Waals surface area contributed by atoms with Crippen LogP contribution in [0.2, 0.25) is 0 Å². The van der Waals surface area contributed by atoms with Crippen LogP contribution in [-0.2, 0) is 4.74 Å². The van der Waals surface area contributed by atoms with Crippen LogP contribution in [0.5, 0.6) is 11.5 Å². The molecule has 0 aliphatic rings. The highest BCUT2D eigenvalue weighted by Crippen LogP contribution is 2.36. The average molecular weight is 709 g/mol. The van der Waals surface area contributed by atoms with Crippen LogP contribution >= 0.6 is 0 Å². The molecule has 4 heterocycles. The van der Waals surface area contributed by atoms with E-state index in [0.29, 0.717) is 77.1 Å². The molecule has 0 unspecified atom stereocenters. The van der Waals surface area contributed by atoms with Crippen LogP contribution in [0.15, 0.2) is 124 Å². The second kappa shape index (κ2) is 15.5. The Hall–Kier alpha value is -5.32. The molecule has 2 aromatic carbocycles. The zero-order valence-electron chi connectivity index (χ0n) is 30.2. The minimum Gasteiger partial charge on any atom is -0.488 e. The largest absolute Gasteiger partial charge is 0.488 e. The van der Waals surface area contributed by atoms with Gasteiger partial charge < -0.3 is 37.0 Å². The van der Waals surface area contributed by atoms with Gasteiger partial charge in [0.1, 0.15) is 47.0 Å². The average Bonchev–Trinajstić information content (AvgIpc) is 3.77. The van der Waals surface area contributed by atoms with Gasteiger partial charge in [0.25, 0.3) is 0 Å². The molecule has 10 nitrogen and oxygen atoms in total. The molecule has 0 amide bonds. The third kappa shape index (κ3) is 8.25. The highest BCUT2D eigenvalue weighted by Gasteiger charge is 2.32. The molecule has 0 saturated carbocycles. The number of allylic oxidation sites excluding steroid dienone is 2. The molecule has 10 heteroatoms. The maximum absolute atomic E-state index is 11.8. The van der Waals surface area contributed by atoms with Gasteiger partial charge in [0, 0.05) is 24.3 Å². The lowest BCUT2D eigenvalue weighted by Crippen LogP contribution is -2.42. The van der Waals surface area contributed by atoms with Gasteiger partial charge in [-0.25, -0.2) is 9.59 Å². The van der Waals surface area contributed by atoms with Crippen LogP contribution < -0.4 is 20.7 Å². The fraction of sp³-hybridized carbons (Fsp3) is 0.333. The number of benzene rings is 2. The van der Waals surface area contributed by atoms with E-state index in [2.05, 4.69) is 6.58 Å². The van der Waals surface area contributed by atoms with Crippen molar-refractivity contribution in [2.75, 3.05) is 13.2 Å². The first-order valence-corrected chi connectivity index (χ1v) is 17.4. The first-order valence-electron chi connectivity index (χ1n) is 17.4. The Morgan fingerprint density at radius 1 is 0.731 bits per heavy atom. The Morgan fingerprint density at radius 3 is 1.67 bits per heavy atom. The molecule has 0 aliphatic heterocycles. The SMILES string of the molecule is C=C(C)[C@@H](CC/C(C)=C/COc1c2ccoc2cc2oc(=O)ccc12)OC(C)(C)[C@H](O)CC/C(C)=C/COc1c2ccoc2cc2oc(=O)ccc12. The molecule has 272 valence electrons. The Morgan fingerprint density at radius 2 is 1.19 bits per heavy atom. The van der Waals surface area contributed by atoms with Crippen molar-refractivity contribution >= 4 is 43.9 Å². The van der Waals surface area contributed by atoms with Crippen LogP contribution in [0.1, 0.15) is 60.3 Å². The van der Waals surface area contributed by atoms with Crippen LogP contribution in [0, 0.1) is 0 Å². The van der Waals surface area contributed by atoms with Crippen molar-refractivity contribution in [2.45, 2.75) is 78.1 Å². The quantitative estimate of drug-likeness (QED) is 0.0765. The van der Waals surface area contributed by atoms with E-state index < -0.39 is 23.0 Å². The summed E-state index contributed by atoms with van der Waals surface area (Å²) in [7, 11) is 0. The molecule has 0 saturated heterocycles. The summed E-state index contributed by atoms with van der Waals surface area (Å²) in [6, 6.07) is 13.2. The zero-order valence-corrected chi connectivity index (χ0v) is 30.2. The van der Waals surface area contributed by atoms with E-state index in [0.717, 1.165) is 33.9 Å². The topological polar surface area (TPSA) is 135 Å². The van der Waals surface area contributed by atoms with Crippen LogP contribution in [0.4, 0.5) is 0 Å². The summed E-state index contributed by atoms with van der Waals surface area (Å²) in [6.07, 6.45) is 8.77. The molecule has 6 rings (SSSR count). The molecule has 4 aromatic heterocycles. The van der Waals surface area contributed by atoms with E-state index in [9.17, 15) is 14.7 Å². The third-order valence-corrected chi connectivity index (χ3v) is 9.35. The maximum atomic E-state index is 11.8. The van der Waals surface area contributed by atoms with E-state index in [1.807, 2.05) is 58.9 Å². The van der Waals surface area contributed by atoms with Gasteiger partial charge in [-0.15, -0.1) is 0 Å². The van der Waals surface area contributed by atoms with Gasteiger partial charge in [0.2, 0.25) is 0 Å². The standard InChI is InChI=1S/C42H44O10/c1-25(2)32(11-7-26(3)15-19-48-40-28-9-13-38(44)50-35(28)23-33-30(40)17-21-46-33)52-42(5,6)37(43)12-8-27(4)16-20-49-41-29-10-14-39(45)51-36(29)24-34-31(41)18-22-47-34/h9-10,13-18,21-24,32,37,43H,1,7-8,11-12,19-20H2,2-6H3/b26-15+,27-16+/t32-,37-/m1/s1. The summed E-state index contributed by atoms with van der Waals surface area (Å²) in [4.78, 5) is 23.5. The summed E-state index contributed by atoms with van der Waals surface area (Å²) >= 11 is 0. The van der Waals surface area contributed by atoms with Crippen molar-refractivity contribution in [3.05, 3.63) is 117 Å². The minimum atomic E-state index is -0.819. The third-order valence-electron chi connectivity index (χ3n) is 9.35. The molecule has 1 N–H and O–H groups in total. The molecule has 0 radical (unpaired) electrons. The Kier molecular flexibility index (Phi) is 10.9. The summed E-state index contributed by atoms with van der Waals surface area (Å²) in [5.74, 6) is 1.19. The lowest BCUT2D eigenvalue weighted by Gasteiger charge is -2.35. The van der Waals surface area contributed by atoms with Crippen molar-refractivity contribution in [3.63, 3.8) is 0 Å². The van der Waals surface area contributed by atoms with E-state index in [1.54, 1.807) is 36.8 Å². The number of aliphatic hydroxyl groups excluding tert-OH is 1. The van der Waals surface area contributed by atoms with E-state index >= 15 is 0 Å². The second-order valence-electron chi connectivity index (χ2n) is 13.8. The van der Waals surface area contributed by atoms with E-state index in [4.69, 9.17) is 31.9 Å². The molecule has 6 aromatic rings. The molecule has 0 spiro atoms. The van der Waals surface area contributed by atoms with Gasteiger partial charge in [-0.05, 0) is 96.7 Å². The lowest BCUT2D eigenvalue weighted by atomic mass is 9.94. The first kappa shape index (κ1) is 36.5. The second-order valence-corrected chi connectivity index (χ2v) is 13.8. The minimum absolute atomic E-state index is 0.254. The number of aliphatic hydroxyl groups is 1. The van der Waals surface area contributed by atoms with Gasteiger partial charge in [-0.3, -0.25) is 0 Å². The number of furan rings is 2. The molecule has 52 heavy (non-hydrogen) atoms. The molecule has 0 bridgehead atoms. The molecule has 0 aliphatic carbocycles. The number of hydrogen-bond acceptors (Lipinski definition) is 10. The lowest BCUT2D eigenvalue weighted by molar-refractivity contribution is -0.128. The number of hydrogen-bond donors (Lipinski definition) is 1. The van der Waals surface area contributed by atoms with Gasteiger partial charge in [0.15, 0.2) is 0 Å². The molecular formula is C42H44O10. The number of ether oxygens (including phenoxy) is 3. The normalized spacial score (nSPS) is 14.0. The number of rotatable bonds is 16. The van der Waals surface area contributed by atoms with E-state index in [-0.39, 0.29) is 6.10 Å².